The second-order valence-corrected chi connectivity index (χ2v) is 8.02. The molecule has 0 aliphatic carbocycles. The molecule has 7 heteroatoms. The first-order chi connectivity index (χ1) is 8.99. The SMILES string of the molecule is O=S(=O)(NCC1CCCOC1)c1cc(Br)ccc1Br. The lowest BCUT2D eigenvalue weighted by atomic mass is 10.0. The summed E-state index contributed by atoms with van der Waals surface area (Å²) in [5.74, 6) is 0.259. The maximum Gasteiger partial charge on any atom is 0.241 e. The summed E-state index contributed by atoms with van der Waals surface area (Å²) in [5, 5.41) is 0. The van der Waals surface area contributed by atoms with Crippen LogP contribution in [-0.4, -0.2) is 28.2 Å². The molecule has 19 heavy (non-hydrogen) atoms. The van der Waals surface area contributed by atoms with Crippen LogP contribution in [0.15, 0.2) is 32.0 Å². The molecule has 1 N–H and O–H groups in total. The highest BCUT2D eigenvalue weighted by Gasteiger charge is 2.21. The molecule has 0 bridgehead atoms. The van der Waals surface area contributed by atoms with Gasteiger partial charge in [0.15, 0.2) is 0 Å². The summed E-state index contributed by atoms with van der Waals surface area (Å²) in [7, 11) is -3.50. The van der Waals surface area contributed by atoms with Crippen molar-refractivity contribution >= 4 is 41.9 Å². The minimum atomic E-state index is -3.50. The number of hydrogen-bond acceptors (Lipinski definition) is 3. The normalized spacial score (nSPS) is 20.4. The summed E-state index contributed by atoms with van der Waals surface area (Å²) in [6.07, 6.45) is 2.00. The summed E-state index contributed by atoms with van der Waals surface area (Å²) < 4.78 is 33.8. The maximum absolute atomic E-state index is 12.2. The van der Waals surface area contributed by atoms with Gasteiger partial charge >= 0.3 is 0 Å². The molecule has 1 fully saturated rings. The van der Waals surface area contributed by atoms with Crippen LogP contribution in [0.25, 0.3) is 0 Å². The number of hydrogen-bond donors (Lipinski definition) is 1. The fourth-order valence-corrected chi connectivity index (χ4v) is 4.57. The van der Waals surface area contributed by atoms with Gasteiger partial charge in [-0.15, -0.1) is 0 Å². The van der Waals surface area contributed by atoms with E-state index < -0.39 is 10.0 Å². The first-order valence-electron chi connectivity index (χ1n) is 6.01. The number of halogens is 2. The minimum Gasteiger partial charge on any atom is -0.381 e. The van der Waals surface area contributed by atoms with Gasteiger partial charge in [0, 0.05) is 22.1 Å². The Morgan fingerprint density at radius 1 is 1.37 bits per heavy atom. The van der Waals surface area contributed by atoms with Crippen LogP contribution < -0.4 is 4.72 Å². The minimum absolute atomic E-state index is 0.249. The van der Waals surface area contributed by atoms with E-state index in [-0.39, 0.29) is 10.8 Å². The van der Waals surface area contributed by atoms with E-state index >= 15 is 0 Å². The molecule has 1 saturated heterocycles. The third-order valence-corrected chi connectivity index (χ3v) is 5.91. The van der Waals surface area contributed by atoms with Crippen molar-refractivity contribution in [1.29, 1.82) is 0 Å². The fraction of sp³-hybridized carbons (Fsp3) is 0.500. The molecule has 0 amide bonds. The van der Waals surface area contributed by atoms with Gasteiger partial charge in [0.25, 0.3) is 0 Å². The molecular weight excluding hydrogens is 398 g/mol. The number of sulfonamides is 1. The average molecular weight is 413 g/mol. The molecule has 1 aromatic rings. The van der Waals surface area contributed by atoms with E-state index in [1.165, 1.54) is 0 Å². The molecule has 0 radical (unpaired) electrons. The first-order valence-corrected chi connectivity index (χ1v) is 9.08. The Morgan fingerprint density at radius 2 is 2.16 bits per heavy atom. The molecule has 1 unspecified atom stereocenters. The molecule has 106 valence electrons. The van der Waals surface area contributed by atoms with Gasteiger partial charge in [-0.05, 0) is 52.9 Å². The average Bonchev–Trinajstić information content (AvgIpc) is 2.40. The van der Waals surface area contributed by atoms with Gasteiger partial charge in [0.2, 0.25) is 10.0 Å². The quantitative estimate of drug-likeness (QED) is 0.827. The number of benzene rings is 1. The van der Waals surface area contributed by atoms with Crippen LogP contribution in [0.4, 0.5) is 0 Å². The van der Waals surface area contributed by atoms with Crippen LogP contribution >= 0.6 is 31.9 Å². The summed E-state index contributed by atoms with van der Waals surface area (Å²) in [5.41, 5.74) is 0. The van der Waals surface area contributed by atoms with E-state index in [1.807, 2.05) is 0 Å². The predicted octanol–water partition coefficient (Wildman–Crippen LogP) is 2.92. The standard InChI is InChI=1S/C12H15Br2NO3S/c13-10-3-4-11(14)12(6-10)19(16,17)15-7-9-2-1-5-18-8-9/h3-4,6,9,15H,1-2,5,7-8H2. The van der Waals surface area contributed by atoms with Crippen LogP contribution in [-0.2, 0) is 14.8 Å². The van der Waals surface area contributed by atoms with E-state index in [1.54, 1.807) is 18.2 Å². The zero-order chi connectivity index (χ0) is 13.9. The van der Waals surface area contributed by atoms with E-state index in [2.05, 4.69) is 36.6 Å². The summed E-state index contributed by atoms with van der Waals surface area (Å²) in [6, 6.07) is 5.09. The third-order valence-electron chi connectivity index (χ3n) is 3.00. The van der Waals surface area contributed by atoms with E-state index in [9.17, 15) is 8.42 Å². The smallest absolute Gasteiger partial charge is 0.241 e. The van der Waals surface area contributed by atoms with Gasteiger partial charge in [-0.25, -0.2) is 13.1 Å². The highest BCUT2D eigenvalue weighted by Crippen LogP contribution is 2.25. The molecular formula is C12H15Br2NO3S. The second-order valence-electron chi connectivity index (χ2n) is 4.51. The topological polar surface area (TPSA) is 55.4 Å². The molecule has 1 atom stereocenters. The molecule has 1 heterocycles. The van der Waals surface area contributed by atoms with Crippen LogP contribution in [0.1, 0.15) is 12.8 Å². The molecule has 0 aromatic heterocycles. The molecule has 1 aromatic carbocycles. The largest absolute Gasteiger partial charge is 0.381 e. The van der Waals surface area contributed by atoms with Crippen molar-refractivity contribution < 1.29 is 13.2 Å². The highest BCUT2D eigenvalue weighted by atomic mass is 79.9. The first kappa shape index (κ1) is 15.4. The Hall–Kier alpha value is 0.0500. The molecule has 4 nitrogen and oxygen atoms in total. The van der Waals surface area contributed by atoms with E-state index in [0.29, 0.717) is 17.6 Å². The lowest BCUT2D eigenvalue weighted by Gasteiger charge is -2.22. The van der Waals surface area contributed by atoms with Crippen LogP contribution in [0.3, 0.4) is 0 Å². The van der Waals surface area contributed by atoms with Crippen molar-refractivity contribution in [3.63, 3.8) is 0 Å². The second kappa shape index (κ2) is 6.67. The van der Waals surface area contributed by atoms with Gasteiger partial charge in [0.1, 0.15) is 0 Å². The van der Waals surface area contributed by atoms with E-state index in [0.717, 1.165) is 23.9 Å². The molecule has 1 aliphatic rings. The van der Waals surface area contributed by atoms with Crippen molar-refractivity contribution in [1.82, 2.24) is 4.72 Å². The number of rotatable bonds is 4. The summed E-state index contributed by atoms with van der Waals surface area (Å²) in [4.78, 5) is 0.249. The molecule has 0 spiro atoms. The van der Waals surface area contributed by atoms with Gasteiger partial charge in [-0.2, -0.15) is 0 Å². The van der Waals surface area contributed by atoms with E-state index in [4.69, 9.17) is 4.74 Å². The Bertz CT molecular complexity index is 542. The van der Waals surface area contributed by atoms with Crippen LogP contribution in [0.2, 0.25) is 0 Å². The lowest BCUT2D eigenvalue weighted by molar-refractivity contribution is 0.0568. The van der Waals surface area contributed by atoms with Crippen LogP contribution in [0.5, 0.6) is 0 Å². The van der Waals surface area contributed by atoms with Crippen molar-refractivity contribution in [2.24, 2.45) is 5.92 Å². The monoisotopic (exact) mass is 411 g/mol. The van der Waals surface area contributed by atoms with Crippen molar-refractivity contribution in [3.8, 4) is 0 Å². The zero-order valence-corrected chi connectivity index (χ0v) is 14.2. The van der Waals surface area contributed by atoms with Crippen molar-refractivity contribution in [2.75, 3.05) is 19.8 Å². The van der Waals surface area contributed by atoms with Gasteiger partial charge in [-0.3, -0.25) is 0 Å². The predicted molar refractivity (Wildman–Crippen MR) is 80.6 cm³/mol. The Kier molecular flexibility index (Phi) is 5.42. The fourth-order valence-electron chi connectivity index (χ4n) is 1.96. The lowest BCUT2D eigenvalue weighted by Crippen LogP contribution is -2.33. The summed E-state index contributed by atoms with van der Waals surface area (Å²) in [6.45, 7) is 1.82. The van der Waals surface area contributed by atoms with Gasteiger partial charge in [0.05, 0.1) is 11.5 Å². The van der Waals surface area contributed by atoms with Crippen molar-refractivity contribution in [3.05, 3.63) is 27.1 Å². The Morgan fingerprint density at radius 3 is 2.84 bits per heavy atom. The maximum atomic E-state index is 12.2. The zero-order valence-electron chi connectivity index (χ0n) is 10.2. The Labute approximate surface area is 130 Å². The van der Waals surface area contributed by atoms with Gasteiger partial charge < -0.3 is 4.74 Å². The molecule has 2 rings (SSSR count). The Balaban J connectivity index is 2.07. The number of ether oxygens (including phenoxy) is 1. The van der Waals surface area contributed by atoms with Gasteiger partial charge in [-0.1, -0.05) is 15.9 Å². The summed E-state index contributed by atoms with van der Waals surface area (Å²) >= 11 is 6.55. The third kappa shape index (κ3) is 4.26. The molecule has 1 aliphatic heterocycles. The van der Waals surface area contributed by atoms with Crippen molar-refractivity contribution in [2.45, 2.75) is 17.7 Å². The molecule has 0 saturated carbocycles. The van der Waals surface area contributed by atoms with Crippen LogP contribution in [0, 0.1) is 5.92 Å². The highest BCUT2D eigenvalue weighted by molar-refractivity contribution is 9.11. The number of nitrogens with one attached hydrogen (secondary N) is 1.